The van der Waals surface area contributed by atoms with Crippen LogP contribution in [0.2, 0.25) is 0 Å². The molecule has 6 nitrogen and oxygen atoms in total. The fraction of sp³-hybridized carbons (Fsp3) is 0.692. The Bertz CT molecular complexity index is 588. The van der Waals surface area contributed by atoms with Crippen LogP contribution in [0.5, 0.6) is 0 Å². The SMILES string of the molecule is Cc1ccc(S(=O)(=O)N[C@@H]2C[C@@H](O)C23CCOCC3)o1. The van der Waals surface area contributed by atoms with Crippen molar-refractivity contribution in [2.75, 3.05) is 13.2 Å². The molecule has 20 heavy (non-hydrogen) atoms. The highest BCUT2D eigenvalue weighted by Crippen LogP contribution is 2.49. The molecule has 2 heterocycles. The Morgan fingerprint density at radius 1 is 1.35 bits per heavy atom. The number of aryl methyl sites for hydroxylation is 1. The highest BCUT2D eigenvalue weighted by molar-refractivity contribution is 7.89. The molecule has 0 radical (unpaired) electrons. The van der Waals surface area contributed by atoms with Crippen molar-refractivity contribution in [2.45, 2.75) is 43.4 Å². The maximum atomic E-state index is 12.3. The Kier molecular flexibility index (Phi) is 3.40. The third kappa shape index (κ3) is 2.18. The fourth-order valence-electron chi connectivity index (χ4n) is 3.16. The van der Waals surface area contributed by atoms with Crippen LogP contribution < -0.4 is 4.72 Å². The second kappa shape index (κ2) is 4.84. The molecule has 2 fully saturated rings. The number of ether oxygens (including phenoxy) is 1. The molecule has 112 valence electrons. The van der Waals surface area contributed by atoms with Crippen LogP contribution in [0, 0.1) is 12.3 Å². The summed E-state index contributed by atoms with van der Waals surface area (Å²) in [6, 6.07) is 2.81. The van der Waals surface area contributed by atoms with E-state index < -0.39 is 16.1 Å². The zero-order chi connectivity index (χ0) is 14.4. The Balaban J connectivity index is 1.78. The number of furan rings is 1. The van der Waals surface area contributed by atoms with Crippen LogP contribution in [0.4, 0.5) is 0 Å². The molecule has 1 aliphatic carbocycles. The first kappa shape index (κ1) is 14.1. The van der Waals surface area contributed by atoms with Crippen molar-refractivity contribution < 1.29 is 22.7 Å². The average molecular weight is 301 g/mol. The van der Waals surface area contributed by atoms with E-state index in [4.69, 9.17) is 9.15 Å². The minimum Gasteiger partial charge on any atom is -0.449 e. The predicted octanol–water partition coefficient (Wildman–Crippen LogP) is 0.796. The number of nitrogens with one attached hydrogen (secondary N) is 1. The van der Waals surface area contributed by atoms with Crippen molar-refractivity contribution in [1.29, 1.82) is 0 Å². The molecular weight excluding hydrogens is 282 g/mol. The maximum Gasteiger partial charge on any atom is 0.274 e. The normalized spacial score (nSPS) is 29.3. The summed E-state index contributed by atoms with van der Waals surface area (Å²) in [6.07, 6.45) is 1.34. The standard InChI is InChI=1S/C13H19NO5S/c1-9-2-3-12(19-9)20(16,17)14-10-8-11(15)13(10)4-6-18-7-5-13/h2-3,10-11,14-15H,4-8H2,1H3/t10-,11-/m1/s1. The van der Waals surface area contributed by atoms with Crippen LogP contribution in [0.1, 0.15) is 25.0 Å². The smallest absolute Gasteiger partial charge is 0.274 e. The zero-order valence-electron chi connectivity index (χ0n) is 11.3. The van der Waals surface area contributed by atoms with E-state index in [0.717, 1.165) is 0 Å². The molecule has 1 aromatic rings. The molecular formula is C13H19NO5S. The lowest BCUT2D eigenvalue weighted by molar-refractivity contribution is -0.143. The van der Waals surface area contributed by atoms with Crippen molar-refractivity contribution in [1.82, 2.24) is 4.72 Å². The van der Waals surface area contributed by atoms with E-state index in [1.54, 1.807) is 13.0 Å². The lowest BCUT2D eigenvalue weighted by atomic mass is 9.58. The summed E-state index contributed by atoms with van der Waals surface area (Å²) in [5.74, 6) is 0.555. The van der Waals surface area contributed by atoms with Crippen LogP contribution in [0.3, 0.4) is 0 Å². The maximum absolute atomic E-state index is 12.3. The first-order valence-electron chi connectivity index (χ1n) is 6.79. The highest BCUT2D eigenvalue weighted by Gasteiger charge is 2.56. The molecule has 0 aromatic carbocycles. The number of hydrogen-bond acceptors (Lipinski definition) is 5. The van der Waals surface area contributed by atoms with Gasteiger partial charge in [-0.25, -0.2) is 13.1 Å². The summed E-state index contributed by atoms with van der Waals surface area (Å²) in [4.78, 5) is 0. The predicted molar refractivity (Wildman–Crippen MR) is 70.7 cm³/mol. The molecule has 1 aromatic heterocycles. The summed E-state index contributed by atoms with van der Waals surface area (Å²) in [5, 5.41) is 9.98. The fourth-order valence-corrected chi connectivity index (χ4v) is 4.47. The molecule has 1 spiro atoms. The molecule has 2 atom stereocenters. The zero-order valence-corrected chi connectivity index (χ0v) is 12.1. The van der Waals surface area contributed by atoms with Gasteiger partial charge in [0, 0.05) is 24.7 Å². The van der Waals surface area contributed by atoms with E-state index in [0.29, 0.717) is 38.2 Å². The number of hydrogen-bond donors (Lipinski definition) is 2. The molecule has 0 bridgehead atoms. The molecule has 0 amide bonds. The van der Waals surface area contributed by atoms with Gasteiger partial charge in [0.05, 0.1) is 6.10 Å². The number of aliphatic hydroxyl groups is 1. The van der Waals surface area contributed by atoms with Gasteiger partial charge in [-0.1, -0.05) is 0 Å². The minimum absolute atomic E-state index is 0.0707. The average Bonchev–Trinajstić information content (AvgIpc) is 2.87. The van der Waals surface area contributed by atoms with Gasteiger partial charge in [-0.3, -0.25) is 0 Å². The van der Waals surface area contributed by atoms with Crippen LogP contribution in [0.15, 0.2) is 21.6 Å². The van der Waals surface area contributed by atoms with Gasteiger partial charge in [0.2, 0.25) is 5.09 Å². The highest BCUT2D eigenvalue weighted by atomic mass is 32.2. The summed E-state index contributed by atoms with van der Waals surface area (Å²) in [6.45, 7) is 2.83. The lowest BCUT2D eigenvalue weighted by Crippen LogP contribution is -2.65. The van der Waals surface area contributed by atoms with Crippen molar-refractivity contribution in [3.05, 3.63) is 17.9 Å². The number of aliphatic hydroxyl groups excluding tert-OH is 1. The van der Waals surface area contributed by atoms with E-state index >= 15 is 0 Å². The molecule has 1 aliphatic heterocycles. The summed E-state index contributed by atoms with van der Waals surface area (Å²) < 4.78 is 37.7. The van der Waals surface area contributed by atoms with E-state index in [1.807, 2.05) is 0 Å². The van der Waals surface area contributed by atoms with Gasteiger partial charge in [-0.15, -0.1) is 0 Å². The van der Waals surface area contributed by atoms with Gasteiger partial charge < -0.3 is 14.3 Å². The molecule has 1 saturated heterocycles. The second-order valence-electron chi connectivity index (χ2n) is 5.64. The third-order valence-electron chi connectivity index (χ3n) is 4.52. The van der Waals surface area contributed by atoms with Crippen molar-refractivity contribution in [3.63, 3.8) is 0 Å². The molecule has 0 unspecified atom stereocenters. The van der Waals surface area contributed by atoms with Gasteiger partial charge >= 0.3 is 0 Å². The number of sulfonamides is 1. The summed E-state index contributed by atoms with van der Waals surface area (Å²) in [7, 11) is -3.67. The lowest BCUT2D eigenvalue weighted by Gasteiger charge is -2.55. The molecule has 2 aliphatic rings. The summed E-state index contributed by atoms with van der Waals surface area (Å²) >= 11 is 0. The van der Waals surface area contributed by atoms with Gasteiger partial charge in [-0.05, 0) is 38.3 Å². The van der Waals surface area contributed by atoms with Crippen molar-refractivity contribution >= 4 is 10.0 Å². The Morgan fingerprint density at radius 2 is 2.05 bits per heavy atom. The molecule has 7 heteroatoms. The van der Waals surface area contributed by atoms with Crippen LogP contribution >= 0.6 is 0 Å². The first-order chi connectivity index (χ1) is 9.44. The van der Waals surface area contributed by atoms with Gasteiger partial charge in [-0.2, -0.15) is 0 Å². The van der Waals surface area contributed by atoms with Gasteiger partial charge in [0.15, 0.2) is 0 Å². The monoisotopic (exact) mass is 301 g/mol. The van der Waals surface area contributed by atoms with Gasteiger partial charge in [0.1, 0.15) is 5.76 Å². The Labute approximate surface area is 118 Å². The number of rotatable bonds is 3. The molecule has 1 saturated carbocycles. The van der Waals surface area contributed by atoms with Gasteiger partial charge in [0.25, 0.3) is 10.0 Å². The Hall–Kier alpha value is -0.890. The van der Waals surface area contributed by atoms with E-state index in [1.165, 1.54) is 6.07 Å². The quantitative estimate of drug-likeness (QED) is 0.862. The topological polar surface area (TPSA) is 88.8 Å². The van der Waals surface area contributed by atoms with E-state index in [-0.39, 0.29) is 16.5 Å². The van der Waals surface area contributed by atoms with Crippen LogP contribution in [0.25, 0.3) is 0 Å². The van der Waals surface area contributed by atoms with E-state index in [9.17, 15) is 13.5 Å². The molecule has 2 N–H and O–H groups in total. The van der Waals surface area contributed by atoms with Crippen LogP contribution in [-0.4, -0.2) is 38.9 Å². The Morgan fingerprint density at radius 3 is 2.60 bits per heavy atom. The minimum atomic E-state index is -3.67. The summed E-state index contributed by atoms with van der Waals surface area (Å²) in [5.41, 5.74) is -0.382. The van der Waals surface area contributed by atoms with E-state index in [2.05, 4.69) is 4.72 Å². The van der Waals surface area contributed by atoms with Crippen molar-refractivity contribution in [3.8, 4) is 0 Å². The second-order valence-corrected chi connectivity index (χ2v) is 7.28. The molecule has 3 rings (SSSR count). The van der Waals surface area contributed by atoms with Crippen LogP contribution in [-0.2, 0) is 14.8 Å². The van der Waals surface area contributed by atoms with Crippen molar-refractivity contribution in [2.24, 2.45) is 5.41 Å². The third-order valence-corrected chi connectivity index (χ3v) is 5.86. The largest absolute Gasteiger partial charge is 0.449 e. The first-order valence-corrected chi connectivity index (χ1v) is 8.27.